The van der Waals surface area contributed by atoms with Gasteiger partial charge in [-0.3, -0.25) is 4.79 Å². The van der Waals surface area contributed by atoms with Crippen LogP contribution in [-0.4, -0.2) is 13.0 Å². The minimum atomic E-state index is -0.520. The highest BCUT2D eigenvalue weighted by Gasteiger charge is 2.15. The van der Waals surface area contributed by atoms with Gasteiger partial charge in [0.1, 0.15) is 29.7 Å². The van der Waals surface area contributed by atoms with E-state index in [0.29, 0.717) is 29.4 Å². The Kier molecular flexibility index (Phi) is 6.90. The summed E-state index contributed by atoms with van der Waals surface area (Å²) < 4.78 is 11.5. The Balaban J connectivity index is 1.71. The minimum absolute atomic E-state index is 0.0375. The van der Waals surface area contributed by atoms with Crippen LogP contribution in [0.15, 0.2) is 90.5 Å². The van der Waals surface area contributed by atoms with Gasteiger partial charge < -0.3 is 14.8 Å². The van der Waals surface area contributed by atoms with Gasteiger partial charge in [0.05, 0.1) is 12.8 Å². The van der Waals surface area contributed by atoms with Crippen molar-refractivity contribution in [2.45, 2.75) is 13.5 Å². The van der Waals surface area contributed by atoms with E-state index in [-0.39, 0.29) is 5.57 Å². The number of amides is 1. The molecule has 0 saturated heterocycles. The molecule has 4 aromatic carbocycles. The first-order valence-corrected chi connectivity index (χ1v) is 10.9. The average Bonchev–Trinajstić information content (AvgIpc) is 2.87. The van der Waals surface area contributed by atoms with Crippen molar-refractivity contribution >= 4 is 28.4 Å². The topological polar surface area (TPSA) is 71.3 Å². The number of hydrogen-bond acceptors (Lipinski definition) is 4. The van der Waals surface area contributed by atoms with E-state index in [4.69, 9.17) is 9.47 Å². The van der Waals surface area contributed by atoms with Crippen molar-refractivity contribution in [2.75, 3.05) is 12.4 Å². The van der Waals surface area contributed by atoms with E-state index in [1.54, 1.807) is 18.2 Å². The van der Waals surface area contributed by atoms with Crippen molar-refractivity contribution in [3.8, 4) is 17.6 Å². The number of methoxy groups -OCH3 is 1. The summed E-state index contributed by atoms with van der Waals surface area (Å²) in [6, 6.07) is 29.0. The largest absolute Gasteiger partial charge is 0.495 e. The highest BCUT2D eigenvalue weighted by Crippen LogP contribution is 2.32. The summed E-state index contributed by atoms with van der Waals surface area (Å²) >= 11 is 0. The zero-order valence-electron chi connectivity index (χ0n) is 19.0. The van der Waals surface area contributed by atoms with Crippen LogP contribution in [0.5, 0.6) is 11.5 Å². The van der Waals surface area contributed by atoms with Crippen molar-refractivity contribution in [2.24, 2.45) is 0 Å². The van der Waals surface area contributed by atoms with Crippen LogP contribution in [0.2, 0.25) is 0 Å². The average molecular weight is 449 g/mol. The Hall–Kier alpha value is -4.56. The van der Waals surface area contributed by atoms with Gasteiger partial charge in [-0.25, -0.2) is 0 Å². The molecule has 1 N–H and O–H groups in total. The van der Waals surface area contributed by atoms with E-state index < -0.39 is 5.91 Å². The fourth-order valence-corrected chi connectivity index (χ4v) is 3.69. The number of benzene rings is 4. The molecule has 1 amide bonds. The van der Waals surface area contributed by atoms with E-state index in [2.05, 4.69) is 5.32 Å². The predicted molar refractivity (Wildman–Crippen MR) is 135 cm³/mol. The zero-order valence-corrected chi connectivity index (χ0v) is 19.0. The summed E-state index contributed by atoms with van der Waals surface area (Å²) in [7, 11) is 1.54. The van der Waals surface area contributed by atoms with Crippen LogP contribution < -0.4 is 14.8 Å². The van der Waals surface area contributed by atoms with Gasteiger partial charge >= 0.3 is 0 Å². The lowest BCUT2D eigenvalue weighted by Gasteiger charge is -2.13. The first-order chi connectivity index (χ1) is 16.6. The minimum Gasteiger partial charge on any atom is -0.495 e. The standard InChI is InChI=1S/C29H24N2O3/c1-20-12-14-28(33-2)26(16-20)31-29(32)23(18-30)17-25-24-11-7-6-10-22(24)13-15-27(25)34-19-21-8-4-3-5-9-21/h3-17H,19H2,1-2H3,(H,31,32)/b23-17+. The Morgan fingerprint density at radius 3 is 2.47 bits per heavy atom. The number of hydrogen-bond donors (Lipinski definition) is 1. The van der Waals surface area contributed by atoms with E-state index in [1.165, 1.54) is 7.11 Å². The SMILES string of the molecule is COc1ccc(C)cc1NC(=O)/C(C#N)=C/c1c(OCc2ccccc2)ccc2ccccc12. The van der Waals surface area contributed by atoms with E-state index in [9.17, 15) is 10.1 Å². The van der Waals surface area contributed by atoms with Crippen molar-refractivity contribution in [3.63, 3.8) is 0 Å². The molecule has 0 saturated carbocycles. The maximum absolute atomic E-state index is 13.1. The molecule has 0 heterocycles. The molecule has 5 nitrogen and oxygen atoms in total. The molecule has 0 bridgehead atoms. The van der Waals surface area contributed by atoms with E-state index >= 15 is 0 Å². The highest BCUT2D eigenvalue weighted by atomic mass is 16.5. The van der Waals surface area contributed by atoms with Crippen molar-refractivity contribution in [1.29, 1.82) is 5.26 Å². The third-order valence-electron chi connectivity index (χ3n) is 5.42. The molecule has 0 aliphatic rings. The zero-order chi connectivity index (χ0) is 23.9. The van der Waals surface area contributed by atoms with Crippen LogP contribution in [-0.2, 0) is 11.4 Å². The summed E-state index contributed by atoms with van der Waals surface area (Å²) in [5.74, 6) is 0.595. The Bertz CT molecular complexity index is 1400. The fourth-order valence-electron chi connectivity index (χ4n) is 3.69. The molecule has 0 unspecified atom stereocenters. The number of carbonyl (C=O) groups excluding carboxylic acids is 1. The number of ether oxygens (including phenoxy) is 2. The normalized spacial score (nSPS) is 11.0. The van der Waals surface area contributed by atoms with Crippen LogP contribution in [0.25, 0.3) is 16.8 Å². The van der Waals surface area contributed by atoms with Gasteiger partial charge in [0.2, 0.25) is 0 Å². The number of nitrogens with one attached hydrogen (secondary N) is 1. The number of carbonyl (C=O) groups is 1. The molecule has 0 aromatic heterocycles. The number of rotatable bonds is 7. The van der Waals surface area contributed by atoms with E-state index in [1.807, 2.05) is 85.8 Å². The lowest BCUT2D eigenvalue weighted by Crippen LogP contribution is -2.14. The van der Waals surface area contributed by atoms with E-state index in [0.717, 1.165) is 21.9 Å². The van der Waals surface area contributed by atoms with Crippen LogP contribution in [0, 0.1) is 18.3 Å². The lowest BCUT2D eigenvalue weighted by atomic mass is 10.0. The predicted octanol–water partition coefficient (Wildman–Crippen LogP) is 6.28. The van der Waals surface area contributed by atoms with Crippen molar-refractivity contribution < 1.29 is 14.3 Å². The Morgan fingerprint density at radius 2 is 1.71 bits per heavy atom. The summed E-state index contributed by atoms with van der Waals surface area (Å²) in [6.45, 7) is 2.29. The molecule has 0 spiro atoms. The first-order valence-electron chi connectivity index (χ1n) is 10.9. The van der Waals surface area contributed by atoms with Crippen LogP contribution in [0.3, 0.4) is 0 Å². The summed E-state index contributed by atoms with van der Waals surface area (Å²) in [6.07, 6.45) is 1.58. The fraction of sp³-hybridized carbons (Fsp3) is 0.103. The lowest BCUT2D eigenvalue weighted by molar-refractivity contribution is -0.112. The molecule has 0 aliphatic heterocycles. The molecule has 0 atom stereocenters. The van der Waals surface area contributed by atoms with Crippen molar-refractivity contribution in [3.05, 3.63) is 107 Å². The van der Waals surface area contributed by atoms with Gasteiger partial charge in [0.25, 0.3) is 5.91 Å². The van der Waals surface area contributed by atoms with Crippen LogP contribution in [0.1, 0.15) is 16.7 Å². The number of anilines is 1. The monoisotopic (exact) mass is 448 g/mol. The summed E-state index contributed by atoms with van der Waals surface area (Å²) in [5.41, 5.74) is 3.13. The second kappa shape index (κ2) is 10.4. The molecule has 0 radical (unpaired) electrons. The third-order valence-corrected chi connectivity index (χ3v) is 5.42. The Labute approximate surface area is 198 Å². The first kappa shape index (κ1) is 22.6. The Morgan fingerprint density at radius 1 is 0.971 bits per heavy atom. The number of aryl methyl sites for hydroxylation is 1. The van der Waals surface area contributed by atoms with Gasteiger partial charge in [-0.05, 0) is 53.1 Å². The number of fused-ring (bicyclic) bond motifs is 1. The van der Waals surface area contributed by atoms with Gasteiger partial charge in [-0.15, -0.1) is 0 Å². The maximum Gasteiger partial charge on any atom is 0.266 e. The molecular formula is C29H24N2O3. The maximum atomic E-state index is 13.1. The second-order valence-electron chi connectivity index (χ2n) is 7.80. The van der Waals surface area contributed by atoms with Gasteiger partial charge in [-0.2, -0.15) is 5.26 Å². The van der Waals surface area contributed by atoms with Crippen LogP contribution in [0.4, 0.5) is 5.69 Å². The molecule has 0 fully saturated rings. The summed E-state index contributed by atoms with van der Waals surface area (Å²) in [5, 5.41) is 14.5. The summed E-state index contributed by atoms with van der Waals surface area (Å²) in [4.78, 5) is 13.1. The quantitative estimate of drug-likeness (QED) is 0.267. The molecule has 5 heteroatoms. The van der Waals surface area contributed by atoms with Gasteiger partial charge in [0, 0.05) is 5.56 Å². The molecule has 4 rings (SSSR count). The smallest absolute Gasteiger partial charge is 0.266 e. The number of nitrogens with zero attached hydrogens (tertiary/aromatic N) is 1. The van der Waals surface area contributed by atoms with Gasteiger partial charge in [-0.1, -0.05) is 66.7 Å². The molecule has 4 aromatic rings. The van der Waals surface area contributed by atoms with Gasteiger partial charge in [0.15, 0.2) is 0 Å². The molecule has 168 valence electrons. The van der Waals surface area contributed by atoms with Crippen molar-refractivity contribution in [1.82, 2.24) is 0 Å². The third kappa shape index (κ3) is 5.08. The van der Waals surface area contributed by atoms with Crippen LogP contribution >= 0.6 is 0 Å². The highest BCUT2D eigenvalue weighted by molar-refractivity contribution is 6.11. The molecule has 0 aliphatic carbocycles. The number of nitriles is 1. The second-order valence-corrected chi connectivity index (χ2v) is 7.80. The molecule has 34 heavy (non-hydrogen) atoms. The molecular weight excluding hydrogens is 424 g/mol.